The van der Waals surface area contributed by atoms with Crippen molar-refractivity contribution in [3.05, 3.63) is 108 Å². The van der Waals surface area contributed by atoms with Crippen molar-refractivity contribution in [2.24, 2.45) is 0 Å². The predicted molar refractivity (Wildman–Crippen MR) is 253 cm³/mol. The van der Waals surface area contributed by atoms with E-state index in [-0.39, 0.29) is 36.5 Å². The SMILES string of the molecule is CN(CCCC(=O)On1c(O)ccc1O)S(=O)(=O)c1ccc2c(c1)C(C)(C)C(=CC=CC=CC=CC1=[N+](CCCCS(=O)(=O)O)c3ccc(SOOO)cc3C1(C)C)N2CCCCSOOO. The summed E-state index contributed by atoms with van der Waals surface area (Å²) in [4.78, 5) is 20.3. The molecule has 366 valence electrons. The van der Waals surface area contributed by atoms with Crippen LogP contribution in [0.25, 0.3) is 0 Å². The van der Waals surface area contributed by atoms with Gasteiger partial charge in [-0.2, -0.15) is 13.0 Å². The number of aromatic hydroxyl groups is 2. The van der Waals surface area contributed by atoms with Crippen molar-refractivity contribution in [1.29, 1.82) is 0 Å². The number of aromatic nitrogens is 1. The van der Waals surface area contributed by atoms with E-state index in [1.165, 1.54) is 11.4 Å². The number of carbonyl (C=O) groups is 1. The molecular weight excluding hydrogens is 953 g/mol. The van der Waals surface area contributed by atoms with Crippen LogP contribution in [0.3, 0.4) is 0 Å². The Bertz CT molecular complexity index is 2590. The third-order valence-electron chi connectivity index (χ3n) is 11.4. The van der Waals surface area contributed by atoms with Crippen molar-refractivity contribution < 1.29 is 75.1 Å². The zero-order valence-electron chi connectivity index (χ0n) is 37.7. The van der Waals surface area contributed by atoms with E-state index >= 15 is 0 Å². The smallest absolute Gasteiger partial charge is 0.333 e. The second-order valence-electron chi connectivity index (χ2n) is 16.6. The lowest BCUT2D eigenvalue weighted by atomic mass is 9.81. The lowest BCUT2D eigenvalue weighted by Gasteiger charge is -2.27. The summed E-state index contributed by atoms with van der Waals surface area (Å²) in [6, 6.07) is 13.1. The number of rotatable bonds is 26. The maximum atomic E-state index is 13.9. The van der Waals surface area contributed by atoms with Crippen LogP contribution >= 0.6 is 24.1 Å². The highest BCUT2D eigenvalue weighted by Gasteiger charge is 2.44. The molecule has 1 aromatic heterocycles. The van der Waals surface area contributed by atoms with Gasteiger partial charge in [0.15, 0.2) is 5.71 Å². The fourth-order valence-electron chi connectivity index (χ4n) is 7.97. The molecule has 0 aliphatic carbocycles. The van der Waals surface area contributed by atoms with Crippen LogP contribution in [-0.2, 0) is 54.5 Å². The fraction of sp³-hybridized carbons (Fsp3) is 0.409. The number of hydrogen-bond acceptors (Lipinski definition) is 17. The number of hydrogen-bond donors (Lipinski definition) is 5. The standard InChI is InChI=1S/C44H56N4O15S4/c1-43(2)34-30-32(65-63-61-53)19-21-36(34)47(27-12-14-29-66(54,55)56)38(43)16-9-7-6-8-10-17-39-44(3,4)35-31-33(20-22-37(35)46(39)26-11-13-28-64-62-60-52)67(57,58)45(5)25-15-18-42(51)59-48-40(49)23-24-41(48)50/h6-10,16-17,19-24,30-31H,11-15,18,25-29H2,1-5H3,(H4-,49,50,52,53,54,55,56)/p+1. The minimum absolute atomic E-state index is 0.00367. The molecule has 0 atom stereocenters. The number of nitrogens with zero attached hydrogens (tertiary/aromatic N) is 4. The third-order valence-corrected chi connectivity index (χ3v) is 15.2. The molecular formula is C44H57N4O15S4+. The first-order valence-corrected chi connectivity index (χ1v) is 25.8. The number of allylic oxidation sites excluding steroid dienone is 8. The van der Waals surface area contributed by atoms with Gasteiger partial charge in [-0.1, -0.05) is 54.3 Å². The topological polar surface area (TPSA) is 247 Å². The second kappa shape index (κ2) is 23.7. The van der Waals surface area contributed by atoms with E-state index in [0.717, 1.165) is 83.0 Å². The fourth-order valence-corrected chi connectivity index (χ4v) is 10.6. The lowest BCUT2D eigenvalue weighted by molar-refractivity contribution is -0.438. The molecule has 0 radical (unpaired) electrons. The highest BCUT2D eigenvalue weighted by atomic mass is 32.2. The number of anilines is 1. The molecule has 3 heterocycles. The van der Waals surface area contributed by atoms with Crippen molar-refractivity contribution in [3.8, 4) is 11.8 Å². The van der Waals surface area contributed by atoms with Crippen molar-refractivity contribution in [3.63, 3.8) is 0 Å². The van der Waals surface area contributed by atoms with Gasteiger partial charge in [0.25, 0.3) is 10.1 Å². The zero-order chi connectivity index (χ0) is 49.0. The Labute approximate surface area is 399 Å². The van der Waals surface area contributed by atoms with E-state index in [1.54, 1.807) is 18.2 Å². The second-order valence-corrected chi connectivity index (χ2v) is 21.8. The van der Waals surface area contributed by atoms with Crippen LogP contribution in [0.2, 0.25) is 0 Å². The largest absolute Gasteiger partial charge is 0.492 e. The summed E-state index contributed by atoms with van der Waals surface area (Å²) in [6.07, 6.45) is 15.7. The molecule has 0 fully saturated rings. The molecule has 0 saturated carbocycles. The lowest BCUT2D eigenvalue weighted by Crippen LogP contribution is -2.29. The van der Waals surface area contributed by atoms with E-state index in [9.17, 15) is 36.4 Å². The predicted octanol–water partition coefficient (Wildman–Crippen LogP) is 7.63. The Morgan fingerprint density at radius 3 is 2.22 bits per heavy atom. The minimum Gasteiger partial charge on any atom is -0.492 e. The van der Waals surface area contributed by atoms with Gasteiger partial charge in [-0.25, -0.2) is 28.0 Å². The summed E-state index contributed by atoms with van der Waals surface area (Å²) in [5.41, 5.74) is 4.38. The minimum atomic E-state index is -4.09. The van der Waals surface area contributed by atoms with Gasteiger partial charge in [0.1, 0.15) is 6.54 Å². The number of benzene rings is 2. The Morgan fingerprint density at radius 2 is 1.52 bits per heavy atom. The van der Waals surface area contributed by atoms with Crippen LogP contribution in [0.5, 0.6) is 11.8 Å². The maximum Gasteiger partial charge on any atom is 0.333 e. The first-order chi connectivity index (χ1) is 31.7. The monoisotopic (exact) mass is 1010 g/mol. The molecule has 2 aliphatic rings. The summed E-state index contributed by atoms with van der Waals surface area (Å²) in [6.45, 7) is 9.31. The molecule has 0 spiro atoms. The van der Waals surface area contributed by atoms with Gasteiger partial charge in [0.05, 0.1) is 28.1 Å². The number of fused-ring (bicyclic) bond motifs is 2. The number of sulfonamides is 1. The Balaban J connectivity index is 1.33. The van der Waals surface area contributed by atoms with Crippen LogP contribution in [-0.4, -0.2) is 106 Å². The highest BCUT2D eigenvalue weighted by molar-refractivity contribution is 7.94. The molecule has 0 unspecified atom stereocenters. The van der Waals surface area contributed by atoms with Gasteiger partial charge < -0.3 is 20.0 Å². The molecule has 5 N–H and O–H groups in total. The van der Waals surface area contributed by atoms with E-state index in [4.69, 9.17) is 15.4 Å². The van der Waals surface area contributed by atoms with E-state index in [0.29, 0.717) is 34.9 Å². The summed E-state index contributed by atoms with van der Waals surface area (Å²) in [5.74, 6) is -1.47. The van der Waals surface area contributed by atoms with Gasteiger partial charge in [0, 0.05) is 102 Å². The van der Waals surface area contributed by atoms with Crippen molar-refractivity contribution in [1.82, 2.24) is 9.04 Å². The van der Waals surface area contributed by atoms with E-state index in [2.05, 4.69) is 42.1 Å². The first kappa shape index (κ1) is 53.5. The molecule has 19 nitrogen and oxygen atoms in total. The molecule has 2 aliphatic heterocycles. The van der Waals surface area contributed by atoms with E-state index < -0.39 is 48.7 Å². The molecule has 0 bridgehead atoms. The van der Waals surface area contributed by atoms with Gasteiger partial charge in [-0.15, -0.1) is 13.4 Å². The average Bonchev–Trinajstić information content (AvgIpc) is 3.78. The summed E-state index contributed by atoms with van der Waals surface area (Å²) in [5, 5.41) is 44.1. The van der Waals surface area contributed by atoms with Crippen LogP contribution in [0.15, 0.2) is 107 Å². The molecule has 0 amide bonds. The van der Waals surface area contributed by atoms with Crippen molar-refractivity contribution >= 4 is 67.3 Å². The Morgan fingerprint density at radius 1 is 0.821 bits per heavy atom. The summed E-state index contributed by atoms with van der Waals surface area (Å²) in [7, 11) is -6.65. The maximum absolute atomic E-state index is 13.9. The first-order valence-electron chi connectivity index (χ1n) is 21.1. The zero-order valence-corrected chi connectivity index (χ0v) is 40.9. The molecule has 2 aromatic carbocycles. The Hall–Kier alpha value is -4.50. The van der Waals surface area contributed by atoms with Crippen LogP contribution in [0, 0.1) is 0 Å². The average molecular weight is 1010 g/mol. The highest BCUT2D eigenvalue weighted by Crippen LogP contribution is 2.49. The summed E-state index contributed by atoms with van der Waals surface area (Å²) >= 11 is 1.83. The van der Waals surface area contributed by atoms with Crippen molar-refractivity contribution in [2.75, 3.05) is 43.1 Å². The van der Waals surface area contributed by atoms with Crippen LogP contribution in [0.1, 0.15) is 77.3 Å². The van der Waals surface area contributed by atoms with E-state index in [1.807, 2.05) is 74.6 Å². The Kier molecular flexibility index (Phi) is 18.9. The molecule has 23 heteroatoms. The quantitative estimate of drug-likeness (QED) is 0.00986. The van der Waals surface area contributed by atoms with Gasteiger partial charge in [-0.05, 0) is 81.5 Å². The summed E-state index contributed by atoms with van der Waals surface area (Å²) < 4.78 is 72.8. The molecule has 3 aromatic rings. The van der Waals surface area contributed by atoms with Crippen molar-refractivity contribution in [2.45, 2.75) is 86.8 Å². The number of carbonyl (C=O) groups excluding carboxylic acids is 1. The van der Waals surface area contributed by atoms with Gasteiger partial charge in [0.2, 0.25) is 27.5 Å². The molecule has 5 rings (SSSR count). The third kappa shape index (κ3) is 13.6. The number of unbranched alkanes of at least 4 members (excludes halogenated alkanes) is 2. The molecule has 0 saturated heterocycles. The molecule has 67 heavy (non-hydrogen) atoms. The van der Waals surface area contributed by atoms with Gasteiger partial charge >= 0.3 is 5.97 Å². The van der Waals surface area contributed by atoms with Crippen LogP contribution in [0.4, 0.5) is 11.4 Å². The normalized spacial score (nSPS) is 16.4. The van der Waals surface area contributed by atoms with Gasteiger partial charge in [-0.3, -0.25) is 4.55 Å². The van der Waals surface area contributed by atoms with Crippen LogP contribution < -0.4 is 9.74 Å².